The number of carbonyl (C=O) groups is 1. The first-order valence-electron chi connectivity index (χ1n) is 10.9. The van der Waals surface area contributed by atoms with Crippen LogP contribution in [-0.2, 0) is 22.6 Å². The van der Waals surface area contributed by atoms with E-state index in [-0.39, 0.29) is 24.6 Å². The fraction of sp³-hybridized carbons (Fsp3) is 0.435. The average Bonchev–Trinajstić information content (AvgIpc) is 3.21. The molecule has 0 saturated carbocycles. The van der Waals surface area contributed by atoms with Crippen molar-refractivity contribution in [1.29, 1.82) is 0 Å². The summed E-state index contributed by atoms with van der Waals surface area (Å²) in [7, 11) is 1.60. The second-order valence-electron chi connectivity index (χ2n) is 7.96. The number of methoxy groups -OCH3 is 1. The molecule has 2 atom stereocenters. The molecule has 1 amide bonds. The smallest absolute Gasteiger partial charge is 0.273 e. The number of pyridine rings is 2. The van der Waals surface area contributed by atoms with Gasteiger partial charge in [0.25, 0.3) is 5.91 Å². The molecule has 0 bridgehead atoms. The summed E-state index contributed by atoms with van der Waals surface area (Å²) in [6.07, 6.45) is 1.44. The third-order valence-corrected chi connectivity index (χ3v) is 5.67. The topological polar surface area (TPSA) is 126 Å². The average molecular weight is 453 g/mol. The first-order chi connectivity index (χ1) is 15.9. The van der Waals surface area contributed by atoms with Crippen molar-refractivity contribution in [1.82, 2.24) is 25.1 Å². The Balaban J connectivity index is 1.67. The lowest BCUT2D eigenvalue weighted by molar-refractivity contribution is 0.0532. The van der Waals surface area contributed by atoms with Gasteiger partial charge in [0.15, 0.2) is 0 Å². The Morgan fingerprint density at radius 3 is 2.88 bits per heavy atom. The number of hydrogen-bond acceptors (Lipinski definition) is 9. The van der Waals surface area contributed by atoms with Crippen LogP contribution in [0, 0.1) is 0 Å². The summed E-state index contributed by atoms with van der Waals surface area (Å²) >= 11 is 0. The maximum Gasteiger partial charge on any atom is 0.273 e. The highest BCUT2D eigenvalue weighted by Gasteiger charge is 2.28. The number of carbonyl (C=O) groups excluding carboxylic acids is 1. The van der Waals surface area contributed by atoms with Crippen molar-refractivity contribution in [2.75, 3.05) is 26.1 Å². The monoisotopic (exact) mass is 452 g/mol. The number of aromatic nitrogens is 4. The molecule has 33 heavy (non-hydrogen) atoms. The second-order valence-corrected chi connectivity index (χ2v) is 7.96. The summed E-state index contributed by atoms with van der Waals surface area (Å²) in [6, 6.07) is 5.08. The van der Waals surface area contributed by atoms with Crippen LogP contribution in [0.4, 0.5) is 5.82 Å². The Bertz CT molecular complexity index is 1150. The molecule has 2 N–H and O–H groups in total. The molecule has 10 heteroatoms. The quantitative estimate of drug-likeness (QED) is 0.549. The van der Waals surface area contributed by atoms with Gasteiger partial charge in [-0.3, -0.25) is 4.79 Å². The van der Waals surface area contributed by atoms with E-state index in [1.165, 1.54) is 0 Å². The summed E-state index contributed by atoms with van der Waals surface area (Å²) < 4.78 is 16.4. The molecule has 0 radical (unpaired) electrons. The van der Waals surface area contributed by atoms with Crippen molar-refractivity contribution in [3.05, 3.63) is 46.9 Å². The summed E-state index contributed by atoms with van der Waals surface area (Å²) in [4.78, 5) is 24.1. The number of ether oxygens (including phenoxy) is 3. The number of amides is 1. The largest absolute Gasteiger partial charge is 0.477 e. The Hall–Kier alpha value is -3.37. The Labute approximate surface area is 192 Å². The van der Waals surface area contributed by atoms with Crippen LogP contribution < -0.4 is 10.5 Å². The third kappa shape index (κ3) is 4.57. The molecule has 1 aliphatic heterocycles. The van der Waals surface area contributed by atoms with E-state index in [1.54, 1.807) is 36.4 Å². The molecule has 0 saturated heterocycles. The molecule has 10 nitrogen and oxygen atoms in total. The van der Waals surface area contributed by atoms with Crippen LogP contribution in [0.3, 0.4) is 0 Å². The van der Waals surface area contributed by atoms with E-state index in [1.807, 2.05) is 20.8 Å². The Morgan fingerprint density at radius 2 is 2.18 bits per heavy atom. The molecule has 0 unspecified atom stereocenters. The van der Waals surface area contributed by atoms with E-state index in [4.69, 9.17) is 19.9 Å². The highest BCUT2D eigenvalue weighted by molar-refractivity contribution is 5.97. The zero-order valence-electron chi connectivity index (χ0n) is 19.2. The normalized spacial score (nSPS) is 15.9. The second kappa shape index (κ2) is 9.63. The highest BCUT2D eigenvalue weighted by atomic mass is 16.5. The van der Waals surface area contributed by atoms with Crippen molar-refractivity contribution in [2.45, 2.75) is 46.1 Å². The van der Waals surface area contributed by atoms with Gasteiger partial charge in [-0.2, -0.15) is 5.10 Å². The van der Waals surface area contributed by atoms with Crippen LogP contribution >= 0.6 is 0 Å². The molecule has 0 aliphatic carbocycles. The lowest BCUT2D eigenvalue weighted by Crippen LogP contribution is -2.41. The van der Waals surface area contributed by atoms with Gasteiger partial charge in [0, 0.05) is 24.1 Å². The summed E-state index contributed by atoms with van der Waals surface area (Å²) in [6.45, 7) is 7.28. The van der Waals surface area contributed by atoms with E-state index >= 15 is 0 Å². The van der Waals surface area contributed by atoms with Crippen molar-refractivity contribution < 1.29 is 19.0 Å². The predicted octanol–water partition coefficient (Wildman–Crippen LogP) is 2.67. The van der Waals surface area contributed by atoms with Crippen molar-refractivity contribution in [3.63, 3.8) is 0 Å². The zero-order chi connectivity index (χ0) is 23.5. The molecular formula is C23H28N6O4. The van der Waals surface area contributed by atoms with E-state index < -0.39 is 0 Å². The van der Waals surface area contributed by atoms with E-state index in [0.29, 0.717) is 48.4 Å². The summed E-state index contributed by atoms with van der Waals surface area (Å²) in [5, 5.41) is 9.09. The number of rotatable bonds is 8. The number of nitrogens with zero attached hydrogens (tertiary/aromatic N) is 5. The number of nitrogens with two attached hydrogens (primary N) is 1. The zero-order valence-corrected chi connectivity index (χ0v) is 19.2. The van der Waals surface area contributed by atoms with Gasteiger partial charge in [-0.1, -0.05) is 0 Å². The molecule has 0 fully saturated rings. The van der Waals surface area contributed by atoms with Gasteiger partial charge in [-0.05, 0) is 38.5 Å². The number of anilines is 1. The lowest BCUT2D eigenvalue weighted by Gasteiger charge is -2.28. The molecular weight excluding hydrogens is 424 g/mol. The minimum absolute atomic E-state index is 0.138. The third-order valence-electron chi connectivity index (χ3n) is 5.67. The molecule has 174 valence electrons. The molecule has 0 spiro atoms. The van der Waals surface area contributed by atoms with Crippen molar-refractivity contribution >= 4 is 22.6 Å². The van der Waals surface area contributed by atoms with Crippen LogP contribution in [0.2, 0.25) is 0 Å². The number of hydrogen-bond donors (Lipinski definition) is 1. The van der Waals surface area contributed by atoms with Gasteiger partial charge in [0.2, 0.25) is 5.88 Å². The minimum Gasteiger partial charge on any atom is -0.477 e. The van der Waals surface area contributed by atoms with Crippen LogP contribution in [0.15, 0.2) is 24.4 Å². The SMILES string of the molecule is CCOc1ccc(CN(C(=O)c2cc3c4c(c(N)nc3cn2)[C@@H](C)OC4)[C@H](C)COC)nn1. The van der Waals surface area contributed by atoms with Gasteiger partial charge in [0.05, 0.1) is 55.9 Å². The Morgan fingerprint density at radius 1 is 1.36 bits per heavy atom. The standard InChI is InChI=1S/C23H28N6O4/c1-5-32-20-7-6-15(27-28-20)10-29(13(2)11-31-4)23(30)18-8-16-17-12-33-14(3)21(17)22(24)26-19(16)9-25-18/h6-9,13-14H,5,10-12H2,1-4H3,(H2,24,26)/t13-,14-/m1/s1. The van der Waals surface area contributed by atoms with Gasteiger partial charge < -0.3 is 24.8 Å². The fourth-order valence-corrected chi connectivity index (χ4v) is 4.02. The maximum absolute atomic E-state index is 13.6. The number of fused-ring (bicyclic) bond motifs is 3. The fourth-order valence-electron chi connectivity index (χ4n) is 4.02. The highest BCUT2D eigenvalue weighted by Crippen LogP contribution is 2.38. The van der Waals surface area contributed by atoms with Crippen molar-refractivity contribution in [2.24, 2.45) is 0 Å². The summed E-state index contributed by atoms with van der Waals surface area (Å²) in [5.41, 5.74) is 9.53. The first-order valence-corrected chi connectivity index (χ1v) is 10.9. The van der Waals surface area contributed by atoms with Crippen molar-refractivity contribution in [3.8, 4) is 5.88 Å². The van der Waals surface area contributed by atoms with Gasteiger partial charge >= 0.3 is 0 Å². The van der Waals surface area contributed by atoms with E-state index in [0.717, 1.165) is 16.5 Å². The Kier molecular flexibility index (Phi) is 6.66. The van der Waals surface area contributed by atoms with Gasteiger partial charge in [-0.25, -0.2) is 9.97 Å². The molecule has 3 aromatic heterocycles. The van der Waals surface area contributed by atoms with Crippen LogP contribution in [0.25, 0.3) is 10.9 Å². The summed E-state index contributed by atoms with van der Waals surface area (Å²) in [5.74, 6) is 0.639. The molecule has 4 heterocycles. The predicted molar refractivity (Wildman–Crippen MR) is 122 cm³/mol. The lowest BCUT2D eigenvalue weighted by atomic mass is 10.0. The van der Waals surface area contributed by atoms with Crippen LogP contribution in [0.1, 0.15) is 54.2 Å². The molecule has 3 aromatic rings. The molecule has 4 rings (SSSR count). The maximum atomic E-state index is 13.6. The number of nitrogen functional groups attached to an aromatic ring is 1. The first kappa shape index (κ1) is 22.8. The van der Waals surface area contributed by atoms with Crippen LogP contribution in [0.5, 0.6) is 5.88 Å². The molecule has 1 aliphatic rings. The van der Waals surface area contributed by atoms with E-state index in [2.05, 4.69) is 20.2 Å². The van der Waals surface area contributed by atoms with Crippen LogP contribution in [-0.4, -0.2) is 57.3 Å². The van der Waals surface area contributed by atoms with Gasteiger partial charge in [-0.15, -0.1) is 5.10 Å². The van der Waals surface area contributed by atoms with E-state index in [9.17, 15) is 4.79 Å². The van der Waals surface area contributed by atoms with Gasteiger partial charge in [0.1, 0.15) is 11.5 Å². The minimum atomic E-state index is -0.241. The molecule has 0 aromatic carbocycles.